The van der Waals surface area contributed by atoms with Gasteiger partial charge in [0.2, 0.25) is 5.91 Å². The number of carboxylic acid groups (broad SMARTS) is 1. The Morgan fingerprint density at radius 1 is 1.48 bits per heavy atom. The third kappa shape index (κ3) is 2.44. The molecule has 0 aliphatic carbocycles. The van der Waals surface area contributed by atoms with E-state index in [1.807, 2.05) is 20.8 Å². The number of carboxylic acids is 1. The largest absolute Gasteiger partial charge is 0.480 e. The number of carbonyl (C=O) groups is 2. The maximum atomic E-state index is 12.3. The molecule has 124 valence electrons. The summed E-state index contributed by atoms with van der Waals surface area (Å²) in [4.78, 5) is 26.0. The third-order valence-electron chi connectivity index (χ3n) is 4.33. The number of nitrogens with one attached hydrogen (secondary N) is 1. The minimum Gasteiger partial charge on any atom is -0.480 e. The maximum absolute atomic E-state index is 12.3. The second-order valence-electron chi connectivity index (χ2n) is 6.53. The fourth-order valence-corrected chi connectivity index (χ4v) is 5.42. The first-order valence-corrected chi connectivity index (χ1v) is 8.52. The Hall–Kier alpha value is -1.54. The highest BCUT2D eigenvalue weighted by Crippen LogP contribution is 2.55. The number of fused-ring (bicyclic) bond motifs is 1. The summed E-state index contributed by atoms with van der Waals surface area (Å²) in [5.74, 6) is -0.506. The highest BCUT2D eigenvalue weighted by Gasteiger charge is 2.67. The predicted octanol–water partition coefficient (Wildman–Crippen LogP) is 1.64. The lowest BCUT2D eigenvalue weighted by Crippen LogP contribution is -2.77. The van der Waals surface area contributed by atoms with Crippen LogP contribution >= 0.6 is 24.0 Å². The minimum absolute atomic E-state index is 0.133. The molecule has 0 radical (unpaired) electrons. The van der Waals surface area contributed by atoms with Crippen LogP contribution in [0.2, 0.25) is 0 Å². The Bertz CT molecular complexity index is 673. The van der Waals surface area contributed by atoms with E-state index in [0.29, 0.717) is 10.7 Å². The molecular weight excluding hydrogens is 336 g/mol. The second kappa shape index (κ2) is 5.24. The monoisotopic (exact) mass is 354 g/mol. The molecule has 1 amide bonds. The molecule has 2 N–H and O–H groups in total. The second-order valence-corrected chi connectivity index (χ2v) is 8.65. The van der Waals surface area contributed by atoms with Crippen molar-refractivity contribution in [1.82, 2.24) is 10.2 Å². The van der Waals surface area contributed by atoms with E-state index in [-0.39, 0.29) is 17.7 Å². The summed E-state index contributed by atoms with van der Waals surface area (Å²) >= 11 is 6.97. The van der Waals surface area contributed by atoms with Gasteiger partial charge in [0.15, 0.2) is 0 Å². The van der Waals surface area contributed by atoms with Crippen molar-refractivity contribution in [3.8, 4) is 0 Å². The number of furan rings is 1. The van der Waals surface area contributed by atoms with Crippen LogP contribution < -0.4 is 5.32 Å². The van der Waals surface area contributed by atoms with E-state index in [1.165, 1.54) is 18.0 Å². The van der Waals surface area contributed by atoms with Gasteiger partial charge in [0, 0.05) is 4.75 Å². The van der Waals surface area contributed by atoms with Gasteiger partial charge in [-0.05, 0) is 32.9 Å². The van der Waals surface area contributed by atoms with Crippen molar-refractivity contribution >= 4 is 40.8 Å². The standard InChI is InChI=1S/C15H18N2O4S2/c1-14(2)10(11(19)20)17-12(22)15(3,13(17)23-14)16-9(18)7-8-5-4-6-21-8/h4-6,10,13H,7H2,1-3H3,(H,16,18)(H,19,20)/t10-,13+,15-/m0/s1. The van der Waals surface area contributed by atoms with Crippen molar-refractivity contribution in [2.45, 2.75) is 48.9 Å². The van der Waals surface area contributed by atoms with E-state index < -0.39 is 22.3 Å². The van der Waals surface area contributed by atoms with Crippen molar-refractivity contribution in [2.75, 3.05) is 0 Å². The van der Waals surface area contributed by atoms with Crippen LogP contribution in [0.25, 0.3) is 0 Å². The van der Waals surface area contributed by atoms with Crippen LogP contribution in [0.3, 0.4) is 0 Å². The van der Waals surface area contributed by atoms with Crippen LogP contribution in [0.5, 0.6) is 0 Å². The average Bonchev–Trinajstić information content (AvgIpc) is 3.02. The topological polar surface area (TPSA) is 82.8 Å². The molecule has 0 saturated carbocycles. The van der Waals surface area contributed by atoms with Gasteiger partial charge in [0.05, 0.1) is 12.7 Å². The smallest absolute Gasteiger partial charge is 0.327 e. The highest BCUT2D eigenvalue weighted by atomic mass is 32.2. The van der Waals surface area contributed by atoms with Crippen molar-refractivity contribution < 1.29 is 19.1 Å². The first kappa shape index (κ1) is 16.3. The van der Waals surface area contributed by atoms with Gasteiger partial charge in [0.1, 0.15) is 27.7 Å². The van der Waals surface area contributed by atoms with Crippen LogP contribution in [-0.4, -0.2) is 48.6 Å². The molecule has 1 aromatic heterocycles. The summed E-state index contributed by atoms with van der Waals surface area (Å²) < 4.78 is 4.70. The molecule has 6 nitrogen and oxygen atoms in total. The molecule has 1 aromatic rings. The first-order chi connectivity index (χ1) is 10.7. The molecule has 3 atom stereocenters. The Labute approximate surface area is 143 Å². The van der Waals surface area contributed by atoms with Gasteiger partial charge in [0.25, 0.3) is 0 Å². The number of carbonyl (C=O) groups excluding carboxylic acids is 1. The van der Waals surface area contributed by atoms with Crippen molar-refractivity contribution in [2.24, 2.45) is 0 Å². The summed E-state index contributed by atoms with van der Waals surface area (Å²) in [7, 11) is 0. The summed E-state index contributed by atoms with van der Waals surface area (Å²) in [5.41, 5.74) is -0.717. The molecule has 0 aromatic carbocycles. The molecule has 0 unspecified atom stereocenters. The SMILES string of the molecule is CC1(C)S[C@H]2N(C(=S)[C@]2(C)NC(=O)Cc2ccco2)[C@H]1C(=O)O. The third-order valence-corrected chi connectivity index (χ3v) is 6.71. The molecule has 2 aliphatic rings. The molecule has 23 heavy (non-hydrogen) atoms. The summed E-state index contributed by atoms with van der Waals surface area (Å²) in [6, 6.07) is 2.79. The van der Waals surface area contributed by atoms with Gasteiger partial charge in [-0.3, -0.25) is 4.79 Å². The molecular formula is C15H18N2O4S2. The van der Waals surface area contributed by atoms with E-state index >= 15 is 0 Å². The lowest BCUT2D eigenvalue weighted by Gasteiger charge is -2.54. The highest BCUT2D eigenvalue weighted by molar-refractivity contribution is 8.02. The van der Waals surface area contributed by atoms with E-state index in [4.69, 9.17) is 16.6 Å². The average molecular weight is 354 g/mol. The molecule has 2 saturated heterocycles. The molecule has 2 fully saturated rings. The zero-order valence-electron chi connectivity index (χ0n) is 13.0. The number of aliphatic carboxylic acids is 1. The number of hydrogen-bond donors (Lipinski definition) is 2. The predicted molar refractivity (Wildman–Crippen MR) is 90.3 cm³/mol. The molecule has 3 heterocycles. The molecule has 8 heteroatoms. The van der Waals surface area contributed by atoms with Gasteiger partial charge in [-0.2, -0.15) is 0 Å². The van der Waals surface area contributed by atoms with Crippen LogP contribution in [-0.2, 0) is 16.0 Å². The minimum atomic E-state index is -0.892. The van der Waals surface area contributed by atoms with Gasteiger partial charge in [-0.25, -0.2) is 4.79 Å². The first-order valence-electron chi connectivity index (χ1n) is 7.23. The van der Waals surface area contributed by atoms with Gasteiger partial charge < -0.3 is 19.7 Å². The Kier molecular flexibility index (Phi) is 3.72. The van der Waals surface area contributed by atoms with Gasteiger partial charge >= 0.3 is 5.97 Å². The number of rotatable bonds is 4. The molecule has 3 rings (SSSR count). The van der Waals surface area contributed by atoms with Crippen LogP contribution in [0.1, 0.15) is 26.5 Å². The van der Waals surface area contributed by atoms with Crippen molar-refractivity contribution in [1.29, 1.82) is 0 Å². The van der Waals surface area contributed by atoms with E-state index in [1.54, 1.807) is 17.0 Å². The van der Waals surface area contributed by atoms with Gasteiger partial charge in [-0.1, -0.05) is 12.2 Å². The molecule has 0 bridgehead atoms. The van der Waals surface area contributed by atoms with Crippen LogP contribution in [0.15, 0.2) is 22.8 Å². The fraction of sp³-hybridized carbons (Fsp3) is 0.533. The number of nitrogens with zero attached hydrogens (tertiary/aromatic N) is 1. The van der Waals surface area contributed by atoms with Crippen molar-refractivity contribution in [3.63, 3.8) is 0 Å². The van der Waals surface area contributed by atoms with E-state index in [0.717, 1.165) is 0 Å². The Balaban J connectivity index is 1.76. The van der Waals surface area contributed by atoms with Crippen LogP contribution in [0.4, 0.5) is 0 Å². The van der Waals surface area contributed by atoms with E-state index in [2.05, 4.69) is 5.32 Å². The molecule has 2 aliphatic heterocycles. The lowest BCUT2D eigenvalue weighted by molar-refractivity contribution is -0.143. The van der Waals surface area contributed by atoms with Crippen molar-refractivity contribution in [3.05, 3.63) is 24.2 Å². The fourth-order valence-electron chi connectivity index (χ4n) is 3.24. The summed E-state index contributed by atoms with van der Waals surface area (Å²) in [5, 5.41) is 12.3. The Morgan fingerprint density at radius 2 is 2.17 bits per heavy atom. The number of thiocarbonyl (C=S) groups is 1. The molecule has 0 spiro atoms. The van der Waals surface area contributed by atoms with Crippen LogP contribution in [0, 0.1) is 0 Å². The zero-order chi connectivity index (χ0) is 17.0. The maximum Gasteiger partial charge on any atom is 0.327 e. The van der Waals surface area contributed by atoms with Gasteiger partial charge in [-0.15, -0.1) is 11.8 Å². The quantitative estimate of drug-likeness (QED) is 0.796. The zero-order valence-corrected chi connectivity index (χ0v) is 14.7. The number of thioether (sulfide) groups is 1. The summed E-state index contributed by atoms with van der Waals surface area (Å²) in [6.45, 7) is 5.63. The number of hydrogen-bond acceptors (Lipinski definition) is 5. The summed E-state index contributed by atoms with van der Waals surface area (Å²) in [6.07, 6.45) is 1.65. The van der Waals surface area contributed by atoms with E-state index in [9.17, 15) is 14.7 Å². The normalized spacial score (nSPS) is 31.4. The Morgan fingerprint density at radius 3 is 2.74 bits per heavy atom. The lowest BCUT2D eigenvalue weighted by atomic mass is 9.87. The number of amides is 1.